The van der Waals surface area contributed by atoms with Gasteiger partial charge in [0.2, 0.25) is 0 Å². The number of ether oxygens (including phenoxy) is 1. The third-order valence-corrected chi connectivity index (χ3v) is 5.48. The first-order valence-electron chi connectivity index (χ1n) is 10.2. The van der Waals surface area contributed by atoms with Gasteiger partial charge < -0.3 is 9.57 Å². The van der Waals surface area contributed by atoms with E-state index in [9.17, 15) is 0 Å². The van der Waals surface area contributed by atoms with Crippen molar-refractivity contribution in [1.29, 1.82) is 0 Å². The monoisotopic (exact) mass is 426 g/mol. The van der Waals surface area contributed by atoms with Crippen LogP contribution in [0.5, 0.6) is 5.75 Å². The lowest BCUT2D eigenvalue weighted by Gasteiger charge is -2.07. The first-order chi connectivity index (χ1) is 15.7. The van der Waals surface area contributed by atoms with E-state index in [0.717, 1.165) is 44.9 Å². The lowest BCUT2D eigenvalue weighted by molar-refractivity contribution is 0.126. The molecule has 0 saturated heterocycles. The SMILES string of the molecule is COc1ccc(/C=N\OCc2nc3c4c(C)c(C)n(-c5ccccc5)c4ncn3n2)cc1. The van der Waals surface area contributed by atoms with Gasteiger partial charge in [0.25, 0.3) is 0 Å². The topological polar surface area (TPSA) is 78.8 Å². The Morgan fingerprint density at radius 1 is 1.00 bits per heavy atom. The molecule has 3 heterocycles. The molecule has 5 aromatic rings. The summed E-state index contributed by atoms with van der Waals surface area (Å²) in [5.41, 5.74) is 5.83. The van der Waals surface area contributed by atoms with Crippen molar-refractivity contribution >= 4 is 22.9 Å². The summed E-state index contributed by atoms with van der Waals surface area (Å²) in [5.74, 6) is 1.33. The minimum absolute atomic E-state index is 0.160. The quantitative estimate of drug-likeness (QED) is 0.300. The third kappa shape index (κ3) is 3.45. The van der Waals surface area contributed by atoms with E-state index in [0.29, 0.717) is 5.82 Å². The standard InChI is InChI=1S/C24H22N6O2/c1-16-17(2)30(19-7-5-4-6-8-19)23-22(16)24-27-21(28-29(24)15-25-23)14-32-26-13-18-9-11-20(31-3)12-10-18/h4-13,15H,14H2,1-3H3/b26-13-. The highest BCUT2D eigenvalue weighted by molar-refractivity contribution is 5.94. The Kier molecular flexibility index (Phi) is 5.03. The van der Waals surface area contributed by atoms with Gasteiger partial charge in [-0.25, -0.2) is 14.5 Å². The van der Waals surface area contributed by atoms with Gasteiger partial charge in [-0.05, 0) is 61.4 Å². The number of nitrogens with zero attached hydrogens (tertiary/aromatic N) is 6. The fourth-order valence-corrected chi connectivity index (χ4v) is 3.74. The Labute approximate surface area is 184 Å². The van der Waals surface area contributed by atoms with Crippen molar-refractivity contribution in [3.8, 4) is 11.4 Å². The average molecular weight is 426 g/mol. The molecule has 0 N–H and O–H groups in total. The third-order valence-electron chi connectivity index (χ3n) is 5.48. The van der Waals surface area contributed by atoms with Crippen LogP contribution in [-0.4, -0.2) is 37.5 Å². The molecular weight excluding hydrogens is 404 g/mol. The summed E-state index contributed by atoms with van der Waals surface area (Å²) in [6.07, 6.45) is 3.33. The number of aryl methyl sites for hydroxylation is 1. The maximum Gasteiger partial charge on any atom is 0.192 e. The van der Waals surface area contributed by atoms with Crippen LogP contribution in [-0.2, 0) is 11.4 Å². The molecule has 0 spiro atoms. The normalized spacial score (nSPS) is 11.6. The number of fused-ring (bicyclic) bond motifs is 3. The van der Waals surface area contributed by atoms with Crippen LogP contribution in [0.25, 0.3) is 22.4 Å². The number of oxime groups is 1. The lowest BCUT2D eigenvalue weighted by Crippen LogP contribution is -1.99. The van der Waals surface area contributed by atoms with Crippen molar-refractivity contribution in [2.75, 3.05) is 7.11 Å². The van der Waals surface area contributed by atoms with Gasteiger partial charge in [-0.3, -0.25) is 4.57 Å². The molecule has 0 saturated carbocycles. The van der Waals surface area contributed by atoms with Crippen LogP contribution in [0.3, 0.4) is 0 Å². The molecule has 0 aliphatic rings. The van der Waals surface area contributed by atoms with E-state index < -0.39 is 0 Å². The summed E-state index contributed by atoms with van der Waals surface area (Å²) >= 11 is 0. The van der Waals surface area contributed by atoms with E-state index in [-0.39, 0.29) is 6.61 Å². The van der Waals surface area contributed by atoms with Gasteiger partial charge >= 0.3 is 0 Å². The van der Waals surface area contributed by atoms with Gasteiger partial charge in [0, 0.05) is 11.4 Å². The number of hydrogen-bond acceptors (Lipinski definition) is 6. The van der Waals surface area contributed by atoms with Crippen molar-refractivity contribution in [3.63, 3.8) is 0 Å². The molecule has 0 amide bonds. The number of hydrogen-bond donors (Lipinski definition) is 0. The highest BCUT2D eigenvalue weighted by Crippen LogP contribution is 2.29. The van der Waals surface area contributed by atoms with Crippen molar-refractivity contribution in [2.45, 2.75) is 20.5 Å². The number of aromatic nitrogens is 5. The fraction of sp³-hybridized carbons (Fsp3) is 0.167. The zero-order valence-electron chi connectivity index (χ0n) is 18.1. The molecule has 0 aliphatic carbocycles. The Bertz CT molecular complexity index is 1420. The van der Waals surface area contributed by atoms with Gasteiger partial charge in [-0.2, -0.15) is 0 Å². The van der Waals surface area contributed by atoms with Crippen LogP contribution in [0.2, 0.25) is 0 Å². The molecule has 0 fully saturated rings. The predicted octanol–water partition coefficient (Wildman–Crippen LogP) is 4.24. The van der Waals surface area contributed by atoms with E-state index >= 15 is 0 Å². The summed E-state index contributed by atoms with van der Waals surface area (Å²) < 4.78 is 8.99. The summed E-state index contributed by atoms with van der Waals surface area (Å²) in [7, 11) is 1.64. The predicted molar refractivity (Wildman–Crippen MR) is 122 cm³/mol. The van der Waals surface area contributed by atoms with E-state index in [1.54, 1.807) is 24.2 Å². The summed E-state index contributed by atoms with van der Waals surface area (Å²) in [6, 6.07) is 17.7. The Balaban J connectivity index is 1.42. The summed E-state index contributed by atoms with van der Waals surface area (Å²) in [6.45, 7) is 4.34. The van der Waals surface area contributed by atoms with Gasteiger partial charge in [0.1, 0.15) is 12.1 Å². The van der Waals surface area contributed by atoms with Crippen LogP contribution in [0.1, 0.15) is 22.6 Å². The lowest BCUT2D eigenvalue weighted by atomic mass is 10.2. The molecule has 160 valence electrons. The maximum atomic E-state index is 5.42. The Hall–Kier alpha value is -4.20. The molecule has 0 atom stereocenters. The molecule has 0 radical (unpaired) electrons. The molecule has 8 heteroatoms. The second-order valence-corrected chi connectivity index (χ2v) is 7.40. The van der Waals surface area contributed by atoms with Gasteiger partial charge in [-0.15, -0.1) is 5.10 Å². The molecular formula is C24H22N6O2. The zero-order valence-corrected chi connectivity index (χ0v) is 18.1. The minimum atomic E-state index is 0.160. The molecule has 5 rings (SSSR count). The molecule has 0 bridgehead atoms. The molecule has 0 unspecified atom stereocenters. The smallest absolute Gasteiger partial charge is 0.192 e. The van der Waals surface area contributed by atoms with Crippen molar-refractivity contribution in [3.05, 3.63) is 83.6 Å². The van der Waals surface area contributed by atoms with Gasteiger partial charge in [0.05, 0.1) is 18.7 Å². The first kappa shape index (κ1) is 19.7. The second kappa shape index (κ2) is 8.14. The minimum Gasteiger partial charge on any atom is -0.497 e. The largest absolute Gasteiger partial charge is 0.497 e. The van der Waals surface area contributed by atoms with Crippen LogP contribution >= 0.6 is 0 Å². The molecule has 2 aromatic carbocycles. The fourth-order valence-electron chi connectivity index (χ4n) is 3.74. The molecule has 32 heavy (non-hydrogen) atoms. The molecule has 8 nitrogen and oxygen atoms in total. The number of methoxy groups -OCH3 is 1. The van der Waals surface area contributed by atoms with Crippen LogP contribution in [0.4, 0.5) is 0 Å². The van der Waals surface area contributed by atoms with Crippen LogP contribution in [0.15, 0.2) is 66.1 Å². The Morgan fingerprint density at radius 2 is 1.78 bits per heavy atom. The molecule has 0 aliphatic heterocycles. The zero-order chi connectivity index (χ0) is 22.1. The van der Waals surface area contributed by atoms with E-state index in [4.69, 9.17) is 14.6 Å². The van der Waals surface area contributed by atoms with Crippen molar-refractivity contribution < 1.29 is 9.57 Å². The number of para-hydroxylation sites is 1. The second-order valence-electron chi connectivity index (χ2n) is 7.40. The van der Waals surface area contributed by atoms with Crippen LogP contribution in [0, 0.1) is 13.8 Å². The van der Waals surface area contributed by atoms with E-state index in [1.165, 1.54) is 0 Å². The van der Waals surface area contributed by atoms with Crippen LogP contribution < -0.4 is 4.74 Å². The highest BCUT2D eigenvalue weighted by Gasteiger charge is 2.18. The Morgan fingerprint density at radius 3 is 2.53 bits per heavy atom. The van der Waals surface area contributed by atoms with Crippen molar-refractivity contribution in [1.82, 2.24) is 24.1 Å². The maximum absolute atomic E-state index is 5.42. The van der Waals surface area contributed by atoms with Gasteiger partial charge in [-0.1, -0.05) is 23.4 Å². The molecule has 3 aromatic heterocycles. The van der Waals surface area contributed by atoms with E-state index in [2.05, 4.69) is 45.8 Å². The first-order valence-corrected chi connectivity index (χ1v) is 10.2. The summed E-state index contributed by atoms with van der Waals surface area (Å²) in [4.78, 5) is 14.8. The average Bonchev–Trinajstić information content (AvgIpc) is 3.36. The van der Waals surface area contributed by atoms with E-state index in [1.807, 2.05) is 42.5 Å². The van der Waals surface area contributed by atoms with Crippen molar-refractivity contribution in [2.24, 2.45) is 5.16 Å². The highest BCUT2D eigenvalue weighted by atomic mass is 16.6. The summed E-state index contributed by atoms with van der Waals surface area (Å²) in [5, 5.41) is 9.51. The van der Waals surface area contributed by atoms with Gasteiger partial charge in [0.15, 0.2) is 23.7 Å². The number of rotatable bonds is 6. The number of benzene rings is 2.